The van der Waals surface area contributed by atoms with Gasteiger partial charge in [0.2, 0.25) is 5.91 Å². The Bertz CT molecular complexity index is 385. The zero-order valence-corrected chi connectivity index (χ0v) is 10.3. The van der Waals surface area contributed by atoms with Gasteiger partial charge in [-0.15, -0.1) is 0 Å². The van der Waals surface area contributed by atoms with Gasteiger partial charge in [-0.05, 0) is 11.4 Å². The second kappa shape index (κ2) is 5.79. The molecule has 0 aromatic carbocycles. The summed E-state index contributed by atoms with van der Waals surface area (Å²) in [6.07, 6.45) is 0. The van der Waals surface area contributed by atoms with Crippen LogP contribution in [0.5, 0.6) is 0 Å². The number of rotatable bonds is 3. The van der Waals surface area contributed by atoms with Crippen molar-refractivity contribution < 1.29 is 9.59 Å². The zero-order valence-electron chi connectivity index (χ0n) is 9.44. The Labute approximate surface area is 104 Å². The minimum absolute atomic E-state index is 0.0184. The summed E-state index contributed by atoms with van der Waals surface area (Å²) in [5, 5.41) is 9.42. The third-order valence-corrected chi connectivity index (χ3v) is 3.34. The molecular formula is C11H15N3O2S. The predicted molar refractivity (Wildman–Crippen MR) is 66.1 cm³/mol. The smallest absolute Gasteiger partial charge is 0.252 e. The third kappa shape index (κ3) is 3.28. The van der Waals surface area contributed by atoms with Gasteiger partial charge < -0.3 is 15.5 Å². The Balaban J connectivity index is 1.77. The summed E-state index contributed by atoms with van der Waals surface area (Å²) in [6, 6.07) is 1.75. The molecule has 0 aliphatic carbocycles. The Morgan fingerprint density at radius 2 is 2.18 bits per heavy atom. The van der Waals surface area contributed by atoms with Gasteiger partial charge in [0.25, 0.3) is 5.91 Å². The van der Waals surface area contributed by atoms with Gasteiger partial charge in [0.15, 0.2) is 0 Å². The van der Waals surface area contributed by atoms with Gasteiger partial charge in [-0.1, -0.05) is 0 Å². The van der Waals surface area contributed by atoms with Crippen LogP contribution < -0.4 is 10.6 Å². The van der Waals surface area contributed by atoms with Crippen molar-refractivity contribution in [2.24, 2.45) is 0 Å². The highest BCUT2D eigenvalue weighted by Gasteiger charge is 2.16. The summed E-state index contributed by atoms with van der Waals surface area (Å²) in [7, 11) is 0. The van der Waals surface area contributed by atoms with Crippen molar-refractivity contribution >= 4 is 23.2 Å². The molecule has 0 bridgehead atoms. The number of thiophene rings is 1. The second-order valence-corrected chi connectivity index (χ2v) is 4.61. The van der Waals surface area contributed by atoms with Crippen molar-refractivity contribution in [1.29, 1.82) is 0 Å². The van der Waals surface area contributed by atoms with Crippen molar-refractivity contribution in [3.8, 4) is 0 Å². The molecule has 0 unspecified atom stereocenters. The van der Waals surface area contributed by atoms with Gasteiger partial charge in [0, 0.05) is 37.1 Å². The standard InChI is InChI=1S/C11H15N3O2S/c15-10(14-4-2-12-3-5-14)7-13-11(16)9-1-6-17-8-9/h1,6,8,12H,2-5,7H2,(H,13,16). The molecule has 6 heteroatoms. The van der Waals surface area contributed by atoms with Gasteiger partial charge in [-0.2, -0.15) is 11.3 Å². The van der Waals surface area contributed by atoms with E-state index in [9.17, 15) is 9.59 Å². The largest absolute Gasteiger partial charge is 0.343 e. The molecule has 0 saturated carbocycles. The van der Waals surface area contributed by atoms with Crippen molar-refractivity contribution in [2.45, 2.75) is 0 Å². The van der Waals surface area contributed by atoms with E-state index in [0.29, 0.717) is 18.7 Å². The van der Waals surface area contributed by atoms with Crippen molar-refractivity contribution in [2.75, 3.05) is 32.7 Å². The van der Waals surface area contributed by atoms with Gasteiger partial charge in [-0.25, -0.2) is 0 Å². The molecular weight excluding hydrogens is 238 g/mol. The van der Waals surface area contributed by atoms with Gasteiger partial charge in [-0.3, -0.25) is 9.59 Å². The van der Waals surface area contributed by atoms with E-state index in [2.05, 4.69) is 10.6 Å². The van der Waals surface area contributed by atoms with Crippen LogP contribution in [0.3, 0.4) is 0 Å². The molecule has 1 aromatic heterocycles. The normalized spacial score (nSPS) is 15.6. The molecule has 1 fully saturated rings. The van der Waals surface area contributed by atoms with E-state index in [4.69, 9.17) is 0 Å². The number of nitrogens with one attached hydrogen (secondary N) is 2. The monoisotopic (exact) mass is 253 g/mol. The van der Waals surface area contributed by atoms with Crippen LogP contribution in [0.2, 0.25) is 0 Å². The maximum absolute atomic E-state index is 11.8. The van der Waals surface area contributed by atoms with Crippen molar-refractivity contribution in [3.63, 3.8) is 0 Å². The van der Waals surface area contributed by atoms with Crippen LogP contribution in [0.4, 0.5) is 0 Å². The topological polar surface area (TPSA) is 61.4 Å². The average molecular weight is 253 g/mol. The van der Waals surface area contributed by atoms with Crippen molar-refractivity contribution in [3.05, 3.63) is 22.4 Å². The number of carbonyl (C=O) groups excluding carboxylic acids is 2. The number of hydrogen-bond donors (Lipinski definition) is 2. The summed E-state index contributed by atoms with van der Waals surface area (Å²) in [5.41, 5.74) is 0.614. The Hall–Kier alpha value is -1.40. The van der Waals surface area contributed by atoms with E-state index < -0.39 is 0 Å². The van der Waals surface area contributed by atoms with Crippen LogP contribution >= 0.6 is 11.3 Å². The zero-order chi connectivity index (χ0) is 12.1. The number of nitrogens with zero attached hydrogens (tertiary/aromatic N) is 1. The molecule has 2 amide bonds. The molecule has 0 radical (unpaired) electrons. The van der Waals surface area contributed by atoms with E-state index in [0.717, 1.165) is 13.1 Å². The molecule has 0 atom stereocenters. The first-order valence-corrected chi connectivity index (χ1v) is 6.50. The molecule has 1 aromatic rings. The fourth-order valence-electron chi connectivity index (χ4n) is 1.68. The van der Waals surface area contributed by atoms with Crippen LogP contribution in [-0.2, 0) is 4.79 Å². The van der Waals surface area contributed by atoms with Gasteiger partial charge in [0.1, 0.15) is 0 Å². The molecule has 92 valence electrons. The summed E-state index contributed by atoms with van der Waals surface area (Å²) >= 11 is 1.47. The van der Waals surface area contributed by atoms with E-state index in [1.54, 1.807) is 16.3 Å². The summed E-state index contributed by atoms with van der Waals surface area (Å²) < 4.78 is 0. The Morgan fingerprint density at radius 3 is 2.82 bits per heavy atom. The molecule has 2 heterocycles. The van der Waals surface area contributed by atoms with Crippen LogP contribution in [-0.4, -0.2) is 49.4 Å². The minimum Gasteiger partial charge on any atom is -0.343 e. The first-order valence-electron chi connectivity index (χ1n) is 5.56. The Morgan fingerprint density at radius 1 is 1.41 bits per heavy atom. The molecule has 1 aliphatic heterocycles. The van der Waals surface area contributed by atoms with Crippen LogP contribution in [0.15, 0.2) is 16.8 Å². The average Bonchev–Trinajstić information content (AvgIpc) is 2.90. The van der Waals surface area contributed by atoms with E-state index >= 15 is 0 Å². The first-order chi connectivity index (χ1) is 8.27. The highest BCUT2D eigenvalue weighted by molar-refractivity contribution is 7.08. The maximum Gasteiger partial charge on any atom is 0.252 e. The fourth-order valence-corrected chi connectivity index (χ4v) is 2.31. The lowest BCUT2D eigenvalue weighted by Gasteiger charge is -2.27. The quantitative estimate of drug-likeness (QED) is 0.791. The molecule has 1 aliphatic rings. The second-order valence-electron chi connectivity index (χ2n) is 3.83. The number of piperazine rings is 1. The molecule has 5 nitrogen and oxygen atoms in total. The van der Waals surface area contributed by atoms with E-state index in [1.165, 1.54) is 11.3 Å². The Kier molecular flexibility index (Phi) is 4.11. The molecule has 2 N–H and O–H groups in total. The summed E-state index contributed by atoms with van der Waals surface area (Å²) in [5.74, 6) is -0.204. The molecule has 2 rings (SSSR count). The summed E-state index contributed by atoms with van der Waals surface area (Å²) in [4.78, 5) is 25.1. The molecule has 17 heavy (non-hydrogen) atoms. The van der Waals surface area contributed by atoms with Crippen molar-refractivity contribution in [1.82, 2.24) is 15.5 Å². The number of carbonyl (C=O) groups is 2. The summed E-state index contributed by atoms with van der Waals surface area (Å²) in [6.45, 7) is 3.16. The highest BCUT2D eigenvalue weighted by atomic mass is 32.1. The highest BCUT2D eigenvalue weighted by Crippen LogP contribution is 2.05. The van der Waals surface area contributed by atoms with Crippen LogP contribution in [0, 0.1) is 0 Å². The minimum atomic E-state index is -0.185. The maximum atomic E-state index is 11.8. The molecule has 0 spiro atoms. The van der Waals surface area contributed by atoms with Crippen LogP contribution in [0.1, 0.15) is 10.4 Å². The fraction of sp³-hybridized carbons (Fsp3) is 0.455. The lowest BCUT2D eigenvalue weighted by atomic mass is 10.3. The lowest BCUT2D eigenvalue weighted by molar-refractivity contribution is -0.130. The predicted octanol–water partition coefficient (Wildman–Crippen LogP) is -0.0903. The SMILES string of the molecule is O=C(NCC(=O)N1CCNCC1)c1ccsc1. The number of hydrogen-bond acceptors (Lipinski definition) is 4. The van der Waals surface area contributed by atoms with Crippen LogP contribution in [0.25, 0.3) is 0 Å². The van der Waals surface area contributed by atoms with Gasteiger partial charge in [0.05, 0.1) is 6.54 Å². The third-order valence-electron chi connectivity index (χ3n) is 2.65. The van der Waals surface area contributed by atoms with E-state index in [1.807, 2.05) is 5.38 Å². The molecule has 1 saturated heterocycles. The first kappa shape index (κ1) is 12.1. The van der Waals surface area contributed by atoms with E-state index in [-0.39, 0.29) is 18.4 Å². The van der Waals surface area contributed by atoms with Gasteiger partial charge >= 0.3 is 0 Å². The lowest BCUT2D eigenvalue weighted by Crippen LogP contribution is -2.49. The number of amides is 2.